The number of hydrogen-bond donors (Lipinski definition) is 1. The first-order valence-corrected chi connectivity index (χ1v) is 10.2. The van der Waals surface area contributed by atoms with Gasteiger partial charge in [0.05, 0.1) is 0 Å². The summed E-state index contributed by atoms with van der Waals surface area (Å²) in [6.07, 6.45) is 0. The highest BCUT2D eigenvalue weighted by Crippen LogP contribution is 2.24. The van der Waals surface area contributed by atoms with Crippen molar-refractivity contribution in [2.75, 3.05) is 54.8 Å². The molecule has 0 saturated carbocycles. The lowest BCUT2D eigenvalue weighted by Gasteiger charge is -2.37. The van der Waals surface area contributed by atoms with Crippen LogP contribution in [0.3, 0.4) is 0 Å². The lowest BCUT2D eigenvalue weighted by atomic mass is 10.2. The summed E-state index contributed by atoms with van der Waals surface area (Å²) in [5.74, 6) is 0. The molecule has 1 fully saturated rings. The van der Waals surface area contributed by atoms with Gasteiger partial charge in [0.25, 0.3) is 0 Å². The Kier molecular flexibility index (Phi) is 5.60. The molecule has 0 spiro atoms. The van der Waals surface area contributed by atoms with E-state index in [-0.39, 0.29) is 0 Å². The van der Waals surface area contributed by atoms with Crippen LogP contribution >= 0.6 is 11.6 Å². The number of nitrogens with zero attached hydrogens (tertiary/aromatic N) is 3. The summed E-state index contributed by atoms with van der Waals surface area (Å²) in [5.41, 5.74) is 2.79. The van der Waals surface area contributed by atoms with E-state index in [2.05, 4.69) is 20.6 Å². The van der Waals surface area contributed by atoms with E-state index in [1.165, 1.54) is 14.1 Å². The van der Waals surface area contributed by atoms with Gasteiger partial charge in [0.1, 0.15) is 0 Å². The molecule has 140 valence electrons. The number of halogens is 1. The first kappa shape index (κ1) is 18.8. The zero-order valence-corrected chi connectivity index (χ0v) is 16.5. The second-order valence-electron chi connectivity index (χ2n) is 6.39. The third-order valence-corrected chi connectivity index (χ3v) is 6.10. The predicted molar refractivity (Wildman–Crippen MR) is 109 cm³/mol. The van der Waals surface area contributed by atoms with Crippen molar-refractivity contribution in [1.82, 2.24) is 4.31 Å². The molecule has 0 radical (unpaired) electrons. The molecule has 2 aromatic carbocycles. The molecular weight excluding hydrogens is 372 g/mol. The molecule has 2 aromatic rings. The number of nitrogens with one attached hydrogen (secondary N) is 1. The van der Waals surface area contributed by atoms with Crippen molar-refractivity contribution in [2.24, 2.45) is 0 Å². The van der Waals surface area contributed by atoms with Gasteiger partial charge in [-0.05, 0) is 42.5 Å². The Morgan fingerprint density at radius 1 is 0.923 bits per heavy atom. The van der Waals surface area contributed by atoms with Crippen molar-refractivity contribution in [1.29, 1.82) is 0 Å². The standard InChI is InChI=1S/C18H23ClN4O2S/c1-21(2)26(24,25)20-16-6-8-17(9-7-16)22-10-12-23(13-11-22)18-5-3-4-15(19)14-18/h3-9,14,20H,10-13H2,1-2H3. The molecule has 26 heavy (non-hydrogen) atoms. The average molecular weight is 395 g/mol. The van der Waals surface area contributed by atoms with E-state index in [1.807, 2.05) is 30.3 Å². The van der Waals surface area contributed by atoms with Gasteiger partial charge in [0.2, 0.25) is 0 Å². The van der Waals surface area contributed by atoms with Crippen molar-refractivity contribution in [3.63, 3.8) is 0 Å². The minimum absolute atomic E-state index is 0.556. The highest BCUT2D eigenvalue weighted by molar-refractivity contribution is 7.90. The van der Waals surface area contributed by atoms with E-state index in [0.717, 1.165) is 46.9 Å². The monoisotopic (exact) mass is 394 g/mol. The second-order valence-corrected chi connectivity index (χ2v) is 8.71. The van der Waals surface area contributed by atoms with Gasteiger partial charge in [-0.15, -0.1) is 0 Å². The summed E-state index contributed by atoms with van der Waals surface area (Å²) >= 11 is 6.08. The van der Waals surface area contributed by atoms with Crippen LogP contribution in [0.1, 0.15) is 0 Å². The Balaban J connectivity index is 1.61. The Morgan fingerprint density at radius 3 is 2.04 bits per heavy atom. The first-order valence-electron chi connectivity index (χ1n) is 8.41. The molecule has 0 amide bonds. The van der Waals surface area contributed by atoms with Crippen LogP contribution in [0.5, 0.6) is 0 Å². The van der Waals surface area contributed by atoms with Crippen molar-refractivity contribution in [2.45, 2.75) is 0 Å². The van der Waals surface area contributed by atoms with Crippen LogP contribution in [0.15, 0.2) is 48.5 Å². The van der Waals surface area contributed by atoms with E-state index in [0.29, 0.717) is 5.69 Å². The zero-order chi connectivity index (χ0) is 18.7. The van der Waals surface area contributed by atoms with Crippen molar-refractivity contribution in [3.05, 3.63) is 53.6 Å². The number of hydrogen-bond acceptors (Lipinski definition) is 4. The maximum absolute atomic E-state index is 11.9. The van der Waals surface area contributed by atoms with Crippen molar-refractivity contribution >= 4 is 38.9 Å². The summed E-state index contributed by atoms with van der Waals surface area (Å²) < 4.78 is 27.4. The minimum Gasteiger partial charge on any atom is -0.368 e. The molecule has 8 heteroatoms. The number of anilines is 3. The van der Waals surface area contributed by atoms with E-state index in [9.17, 15) is 8.42 Å². The molecule has 0 bridgehead atoms. The van der Waals surface area contributed by atoms with E-state index < -0.39 is 10.2 Å². The fourth-order valence-corrected chi connectivity index (χ4v) is 3.68. The van der Waals surface area contributed by atoms with E-state index in [4.69, 9.17) is 11.6 Å². The van der Waals surface area contributed by atoms with Crippen LogP contribution in [0.2, 0.25) is 5.02 Å². The maximum Gasteiger partial charge on any atom is 0.301 e. The molecule has 1 saturated heterocycles. The smallest absolute Gasteiger partial charge is 0.301 e. The molecule has 1 aliphatic heterocycles. The highest BCUT2D eigenvalue weighted by atomic mass is 35.5. The van der Waals surface area contributed by atoms with Gasteiger partial charge in [-0.2, -0.15) is 12.7 Å². The van der Waals surface area contributed by atoms with E-state index >= 15 is 0 Å². The van der Waals surface area contributed by atoms with Crippen molar-refractivity contribution in [3.8, 4) is 0 Å². The Hall–Kier alpha value is -1.96. The molecular formula is C18H23ClN4O2S. The maximum atomic E-state index is 11.9. The molecule has 0 atom stereocenters. The van der Waals surface area contributed by atoms with Gasteiger partial charge in [0.15, 0.2) is 0 Å². The Morgan fingerprint density at radius 2 is 1.50 bits per heavy atom. The summed E-state index contributed by atoms with van der Waals surface area (Å²) in [6.45, 7) is 3.62. The van der Waals surface area contributed by atoms with Gasteiger partial charge in [-0.3, -0.25) is 4.72 Å². The molecule has 1 heterocycles. The lowest BCUT2D eigenvalue weighted by Crippen LogP contribution is -2.46. The van der Waals surface area contributed by atoms with Gasteiger partial charge in [0, 0.05) is 62.4 Å². The third kappa shape index (κ3) is 4.41. The third-order valence-electron chi connectivity index (χ3n) is 4.41. The van der Waals surface area contributed by atoms with Gasteiger partial charge >= 0.3 is 10.2 Å². The molecule has 0 aromatic heterocycles. The first-order chi connectivity index (χ1) is 12.3. The second kappa shape index (κ2) is 7.73. The Bertz CT molecular complexity index is 848. The quantitative estimate of drug-likeness (QED) is 0.847. The fourth-order valence-electron chi connectivity index (χ4n) is 2.88. The fraction of sp³-hybridized carbons (Fsp3) is 0.333. The topological polar surface area (TPSA) is 55.9 Å². The summed E-state index contributed by atoms with van der Waals surface area (Å²) in [5, 5.41) is 0.751. The molecule has 1 N–H and O–H groups in total. The lowest BCUT2D eigenvalue weighted by molar-refractivity contribution is 0.527. The van der Waals surface area contributed by atoms with Crippen molar-refractivity contribution < 1.29 is 8.42 Å². The SMILES string of the molecule is CN(C)S(=O)(=O)Nc1ccc(N2CCN(c3cccc(Cl)c3)CC2)cc1. The van der Waals surface area contributed by atoms with Crippen LogP contribution < -0.4 is 14.5 Å². The largest absolute Gasteiger partial charge is 0.368 e. The van der Waals surface area contributed by atoms with Gasteiger partial charge < -0.3 is 9.80 Å². The summed E-state index contributed by atoms with van der Waals surface area (Å²) in [7, 11) is -0.486. The normalized spacial score (nSPS) is 15.4. The molecule has 0 unspecified atom stereocenters. The van der Waals surface area contributed by atoms with Crippen LogP contribution in [0.25, 0.3) is 0 Å². The number of benzene rings is 2. The summed E-state index contributed by atoms with van der Waals surface area (Å²) in [6, 6.07) is 15.4. The zero-order valence-electron chi connectivity index (χ0n) is 14.9. The van der Waals surface area contributed by atoms with Gasteiger partial charge in [-0.1, -0.05) is 17.7 Å². The number of piperazine rings is 1. The number of rotatable bonds is 5. The molecule has 3 rings (SSSR count). The summed E-state index contributed by atoms with van der Waals surface area (Å²) in [4.78, 5) is 4.62. The average Bonchev–Trinajstić information content (AvgIpc) is 2.62. The highest BCUT2D eigenvalue weighted by Gasteiger charge is 2.18. The van der Waals surface area contributed by atoms with Crippen LogP contribution in [-0.4, -0.2) is 53.0 Å². The molecule has 6 nitrogen and oxygen atoms in total. The van der Waals surface area contributed by atoms with E-state index in [1.54, 1.807) is 12.1 Å². The van der Waals surface area contributed by atoms with Gasteiger partial charge in [-0.25, -0.2) is 0 Å². The Labute approximate surface area is 160 Å². The predicted octanol–water partition coefficient (Wildman–Crippen LogP) is 2.88. The molecule has 0 aliphatic carbocycles. The minimum atomic E-state index is -3.48. The van der Waals surface area contributed by atoms with Crippen LogP contribution in [-0.2, 0) is 10.2 Å². The van der Waals surface area contributed by atoms with Crippen LogP contribution in [0, 0.1) is 0 Å². The van der Waals surface area contributed by atoms with Crippen LogP contribution in [0.4, 0.5) is 17.1 Å². The molecule has 1 aliphatic rings.